The fourth-order valence-corrected chi connectivity index (χ4v) is 2.26. The number of aldehydes is 1. The van der Waals surface area contributed by atoms with E-state index < -0.39 is 0 Å². The van der Waals surface area contributed by atoms with E-state index in [4.69, 9.17) is 0 Å². The van der Waals surface area contributed by atoms with Crippen molar-refractivity contribution in [2.24, 2.45) is 0 Å². The topological polar surface area (TPSA) is 20.3 Å². The van der Waals surface area contributed by atoms with Crippen LogP contribution in [0.1, 0.15) is 17.9 Å². The Morgan fingerprint density at radius 1 is 1.57 bits per heavy atom. The maximum atomic E-state index is 10.9. The van der Waals surface area contributed by atoms with Crippen molar-refractivity contribution in [2.45, 2.75) is 12.3 Å². The number of anilines is 1. The minimum atomic E-state index is 0.0781. The Balaban J connectivity index is 2.50. The highest BCUT2D eigenvalue weighted by atomic mass is 79.9. The Kier molecular flexibility index (Phi) is 2.59. The molecule has 1 aliphatic heterocycles. The zero-order chi connectivity index (χ0) is 10.1. The lowest BCUT2D eigenvalue weighted by Gasteiger charge is -2.30. The summed E-state index contributed by atoms with van der Waals surface area (Å²) in [5, 5.41) is 0. The first kappa shape index (κ1) is 9.71. The minimum Gasteiger partial charge on any atom is -0.374 e. The van der Waals surface area contributed by atoms with Gasteiger partial charge in [-0.1, -0.05) is 22.0 Å². The highest BCUT2D eigenvalue weighted by molar-refractivity contribution is 9.10. The van der Waals surface area contributed by atoms with E-state index in [1.165, 1.54) is 5.69 Å². The summed E-state index contributed by atoms with van der Waals surface area (Å²) >= 11 is 3.44. The van der Waals surface area contributed by atoms with Crippen LogP contribution in [-0.4, -0.2) is 19.9 Å². The molecule has 0 saturated carbocycles. The summed E-state index contributed by atoms with van der Waals surface area (Å²) in [6.07, 6.45) is 1.98. The van der Waals surface area contributed by atoms with Crippen LogP contribution in [0.4, 0.5) is 5.69 Å². The van der Waals surface area contributed by atoms with Gasteiger partial charge in [-0.2, -0.15) is 0 Å². The standard InChI is InChI=1S/C11H12BrNO/c1-13-5-4-8(7-14)10-3-2-9(12)6-11(10)13/h2-3,6-8H,4-5H2,1H3. The molecule has 0 N–H and O–H groups in total. The first-order valence-electron chi connectivity index (χ1n) is 4.68. The van der Waals surface area contributed by atoms with E-state index in [1.54, 1.807) is 0 Å². The van der Waals surface area contributed by atoms with Crippen molar-refractivity contribution in [1.82, 2.24) is 0 Å². The molecular weight excluding hydrogens is 242 g/mol. The van der Waals surface area contributed by atoms with Crippen LogP contribution in [0.25, 0.3) is 0 Å². The molecule has 0 aliphatic carbocycles. The second kappa shape index (κ2) is 3.73. The summed E-state index contributed by atoms with van der Waals surface area (Å²) in [6, 6.07) is 6.10. The number of nitrogens with zero attached hydrogens (tertiary/aromatic N) is 1. The molecule has 1 aromatic carbocycles. The van der Waals surface area contributed by atoms with Crippen LogP contribution in [0.5, 0.6) is 0 Å². The monoisotopic (exact) mass is 253 g/mol. The number of rotatable bonds is 1. The lowest BCUT2D eigenvalue weighted by Crippen LogP contribution is -2.27. The van der Waals surface area contributed by atoms with Crippen LogP contribution in [0.3, 0.4) is 0 Å². The third-order valence-electron chi connectivity index (χ3n) is 2.74. The molecule has 2 nitrogen and oxygen atoms in total. The summed E-state index contributed by atoms with van der Waals surface area (Å²) < 4.78 is 1.06. The van der Waals surface area contributed by atoms with Gasteiger partial charge in [-0.25, -0.2) is 0 Å². The third-order valence-corrected chi connectivity index (χ3v) is 3.24. The zero-order valence-electron chi connectivity index (χ0n) is 8.03. The Morgan fingerprint density at radius 3 is 3.07 bits per heavy atom. The maximum absolute atomic E-state index is 10.9. The third kappa shape index (κ3) is 1.57. The van der Waals surface area contributed by atoms with E-state index in [1.807, 2.05) is 12.1 Å². The Morgan fingerprint density at radius 2 is 2.36 bits per heavy atom. The number of hydrogen-bond donors (Lipinski definition) is 0. The van der Waals surface area contributed by atoms with Crippen LogP contribution in [-0.2, 0) is 4.79 Å². The quantitative estimate of drug-likeness (QED) is 0.718. The molecule has 0 saturated heterocycles. The Labute approximate surface area is 92.0 Å². The summed E-state index contributed by atoms with van der Waals surface area (Å²) in [5.74, 6) is 0.0781. The highest BCUT2D eigenvalue weighted by Gasteiger charge is 2.22. The van der Waals surface area contributed by atoms with Gasteiger partial charge in [0.2, 0.25) is 0 Å². The predicted molar refractivity (Wildman–Crippen MR) is 60.8 cm³/mol. The molecule has 0 aromatic heterocycles. The van der Waals surface area contributed by atoms with Crippen LogP contribution in [0.2, 0.25) is 0 Å². The number of hydrogen-bond acceptors (Lipinski definition) is 2. The first-order chi connectivity index (χ1) is 6.72. The van der Waals surface area contributed by atoms with Crippen molar-refractivity contribution < 1.29 is 4.79 Å². The normalized spacial score (nSPS) is 20.4. The van der Waals surface area contributed by atoms with Gasteiger partial charge in [0.25, 0.3) is 0 Å². The maximum Gasteiger partial charge on any atom is 0.127 e. The van der Waals surface area contributed by atoms with E-state index in [0.29, 0.717) is 0 Å². The molecule has 0 amide bonds. The average Bonchev–Trinajstić information content (AvgIpc) is 2.19. The SMILES string of the molecule is CN1CCC(C=O)c2ccc(Br)cc21. The molecule has 1 unspecified atom stereocenters. The smallest absolute Gasteiger partial charge is 0.127 e. The Bertz CT molecular complexity index is 364. The van der Waals surface area contributed by atoms with Crippen LogP contribution >= 0.6 is 15.9 Å². The van der Waals surface area contributed by atoms with Gasteiger partial charge in [-0.15, -0.1) is 0 Å². The number of carbonyl (C=O) groups excluding carboxylic acids is 1. The van der Waals surface area contributed by atoms with Gasteiger partial charge in [0.05, 0.1) is 0 Å². The highest BCUT2D eigenvalue weighted by Crippen LogP contribution is 2.35. The molecule has 1 heterocycles. The van der Waals surface area contributed by atoms with Crippen molar-refractivity contribution in [1.29, 1.82) is 0 Å². The van der Waals surface area contributed by atoms with Crippen molar-refractivity contribution in [2.75, 3.05) is 18.5 Å². The van der Waals surface area contributed by atoms with Crippen molar-refractivity contribution in [3.8, 4) is 0 Å². The van der Waals surface area contributed by atoms with Gasteiger partial charge in [-0.05, 0) is 24.1 Å². The van der Waals surface area contributed by atoms with E-state index >= 15 is 0 Å². The van der Waals surface area contributed by atoms with Gasteiger partial charge in [0.1, 0.15) is 6.29 Å². The molecule has 2 rings (SSSR count). The number of benzene rings is 1. The van der Waals surface area contributed by atoms with Crippen molar-refractivity contribution >= 4 is 27.9 Å². The van der Waals surface area contributed by atoms with E-state index in [2.05, 4.69) is 33.9 Å². The van der Waals surface area contributed by atoms with Gasteiger partial charge < -0.3 is 9.69 Å². The lowest BCUT2D eigenvalue weighted by molar-refractivity contribution is -0.109. The molecule has 14 heavy (non-hydrogen) atoms. The van der Waals surface area contributed by atoms with E-state index in [0.717, 1.165) is 29.3 Å². The largest absolute Gasteiger partial charge is 0.374 e. The molecule has 0 radical (unpaired) electrons. The fourth-order valence-electron chi connectivity index (χ4n) is 1.91. The molecule has 1 aromatic rings. The lowest BCUT2D eigenvalue weighted by atomic mass is 9.91. The van der Waals surface area contributed by atoms with Crippen LogP contribution in [0.15, 0.2) is 22.7 Å². The van der Waals surface area contributed by atoms with Crippen molar-refractivity contribution in [3.63, 3.8) is 0 Å². The van der Waals surface area contributed by atoms with Gasteiger partial charge in [-0.3, -0.25) is 0 Å². The average molecular weight is 254 g/mol. The fraction of sp³-hybridized carbons (Fsp3) is 0.364. The van der Waals surface area contributed by atoms with Gasteiger partial charge in [0, 0.05) is 29.7 Å². The molecule has 0 spiro atoms. The van der Waals surface area contributed by atoms with E-state index in [9.17, 15) is 4.79 Å². The van der Waals surface area contributed by atoms with E-state index in [-0.39, 0.29) is 5.92 Å². The Hall–Kier alpha value is -0.830. The zero-order valence-corrected chi connectivity index (χ0v) is 9.62. The first-order valence-corrected chi connectivity index (χ1v) is 5.47. The second-order valence-corrected chi connectivity index (χ2v) is 4.57. The summed E-state index contributed by atoms with van der Waals surface area (Å²) in [7, 11) is 2.06. The predicted octanol–water partition coefficient (Wildman–Crippen LogP) is 2.57. The number of carbonyl (C=O) groups is 1. The summed E-state index contributed by atoms with van der Waals surface area (Å²) in [4.78, 5) is 13.1. The second-order valence-electron chi connectivity index (χ2n) is 3.66. The molecule has 3 heteroatoms. The van der Waals surface area contributed by atoms with Gasteiger partial charge >= 0.3 is 0 Å². The molecular formula is C11H12BrNO. The molecule has 1 aliphatic rings. The van der Waals surface area contributed by atoms with Crippen LogP contribution in [0, 0.1) is 0 Å². The molecule has 0 fully saturated rings. The molecule has 74 valence electrons. The van der Waals surface area contributed by atoms with Crippen LogP contribution < -0.4 is 4.90 Å². The summed E-state index contributed by atoms with van der Waals surface area (Å²) in [5.41, 5.74) is 2.32. The summed E-state index contributed by atoms with van der Waals surface area (Å²) in [6.45, 7) is 0.951. The number of halogens is 1. The van der Waals surface area contributed by atoms with Gasteiger partial charge in [0.15, 0.2) is 0 Å². The minimum absolute atomic E-state index is 0.0781. The number of fused-ring (bicyclic) bond motifs is 1. The molecule has 1 atom stereocenters. The van der Waals surface area contributed by atoms with Crippen molar-refractivity contribution in [3.05, 3.63) is 28.2 Å². The molecule has 0 bridgehead atoms.